The van der Waals surface area contributed by atoms with Crippen LogP contribution in [0.25, 0.3) is 23.3 Å². The molecule has 4 nitrogen and oxygen atoms in total. The second-order valence-electron chi connectivity index (χ2n) is 10.6. The fourth-order valence-corrected chi connectivity index (χ4v) is 4.49. The Labute approximate surface area is 224 Å². The monoisotopic (exact) mass is 548 g/mol. The molecule has 0 saturated heterocycles. The highest BCUT2D eigenvalue weighted by Crippen LogP contribution is 2.34. The molecule has 0 unspecified atom stereocenters. The smallest absolute Gasteiger partial charge is 0.407 e. The molecule has 1 heterocycles. The van der Waals surface area contributed by atoms with Gasteiger partial charge in [0.25, 0.3) is 0 Å². The maximum atomic E-state index is 12.6. The number of aromatic nitrogens is 1. The fraction of sp³-hybridized carbons (Fsp3) is 0.355. The SMILES string of the molecule is Cc1ccc(-c2c(/C=C/c3ccccc3Br)c(C)nc(CC(C)C)c2CNC(=O)OC(C)(C)C)cc1. The highest BCUT2D eigenvalue weighted by molar-refractivity contribution is 9.10. The number of carbonyl (C=O) groups is 1. The molecule has 1 amide bonds. The molecule has 0 aliphatic carbocycles. The first-order chi connectivity index (χ1) is 16.9. The van der Waals surface area contributed by atoms with Crippen molar-refractivity contribution in [1.29, 1.82) is 0 Å². The zero-order valence-corrected chi connectivity index (χ0v) is 24.0. The van der Waals surface area contributed by atoms with Crippen LogP contribution in [0.15, 0.2) is 53.0 Å². The van der Waals surface area contributed by atoms with Gasteiger partial charge in [0.1, 0.15) is 5.60 Å². The number of nitrogens with zero attached hydrogens (tertiary/aromatic N) is 1. The van der Waals surface area contributed by atoms with E-state index in [-0.39, 0.29) is 0 Å². The minimum atomic E-state index is -0.562. The van der Waals surface area contributed by atoms with E-state index in [1.54, 1.807) is 0 Å². The number of carbonyl (C=O) groups excluding carboxylic acids is 1. The number of alkyl carbamates (subject to hydrolysis) is 1. The van der Waals surface area contributed by atoms with Crippen molar-refractivity contribution in [3.05, 3.63) is 86.6 Å². The predicted octanol–water partition coefficient (Wildman–Crippen LogP) is 8.52. The summed E-state index contributed by atoms with van der Waals surface area (Å²) >= 11 is 3.65. The first kappa shape index (κ1) is 27.7. The zero-order chi connectivity index (χ0) is 26.5. The molecule has 5 heteroatoms. The van der Waals surface area contributed by atoms with E-state index in [1.165, 1.54) is 5.56 Å². The van der Waals surface area contributed by atoms with Crippen molar-refractivity contribution in [2.24, 2.45) is 5.92 Å². The van der Waals surface area contributed by atoms with E-state index in [1.807, 2.05) is 39.0 Å². The summed E-state index contributed by atoms with van der Waals surface area (Å²) in [4.78, 5) is 17.6. The van der Waals surface area contributed by atoms with Gasteiger partial charge in [-0.3, -0.25) is 4.98 Å². The van der Waals surface area contributed by atoms with Gasteiger partial charge in [0.2, 0.25) is 0 Å². The third-order valence-corrected chi connectivity index (χ3v) is 6.42. The molecular formula is C31H37BrN2O2. The lowest BCUT2D eigenvalue weighted by Crippen LogP contribution is -2.32. The Morgan fingerprint density at radius 2 is 1.72 bits per heavy atom. The summed E-state index contributed by atoms with van der Waals surface area (Å²) in [6, 6.07) is 16.7. The summed E-state index contributed by atoms with van der Waals surface area (Å²) in [7, 11) is 0. The van der Waals surface area contributed by atoms with Crippen molar-refractivity contribution in [3.63, 3.8) is 0 Å². The van der Waals surface area contributed by atoms with Crippen molar-refractivity contribution >= 4 is 34.2 Å². The number of aryl methyl sites for hydroxylation is 2. The molecule has 0 saturated carbocycles. The third-order valence-electron chi connectivity index (χ3n) is 5.70. The Balaban J connectivity index is 2.19. The van der Waals surface area contributed by atoms with Crippen molar-refractivity contribution in [2.75, 3.05) is 0 Å². The quantitative estimate of drug-likeness (QED) is 0.321. The summed E-state index contributed by atoms with van der Waals surface area (Å²) in [5.41, 5.74) is 7.96. The summed E-state index contributed by atoms with van der Waals surface area (Å²) in [6.45, 7) is 14.5. The average molecular weight is 550 g/mol. The molecule has 0 aliphatic heterocycles. The van der Waals surface area contributed by atoms with E-state index in [0.717, 1.165) is 50.1 Å². The van der Waals surface area contributed by atoms with Gasteiger partial charge in [0, 0.05) is 33.5 Å². The van der Waals surface area contributed by atoms with E-state index in [4.69, 9.17) is 9.72 Å². The van der Waals surface area contributed by atoms with Gasteiger partial charge in [-0.2, -0.15) is 0 Å². The van der Waals surface area contributed by atoms with Crippen LogP contribution in [0, 0.1) is 19.8 Å². The molecule has 1 aromatic heterocycles. The van der Waals surface area contributed by atoms with Crippen molar-refractivity contribution in [1.82, 2.24) is 10.3 Å². The second kappa shape index (κ2) is 11.9. The lowest BCUT2D eigenvalue weighted by Gasteiger charge is -2.23. The first-order valence-electron chi connectivity index (χ1n) is 12.4. The maximum absolute atomic E-state index is 12.6. The van der Waals surface area contributed by atoms with E-state index < -0.39 is 11.7 Å². The van der Waals surface area contributed by atoms with Gasteiger partial charge in [0.05, 0.1) is 0 Å². The molecule has 0 spiro atoms. The normalized spacial score (nSPS) is 11.8. The molecule has 190 valence electrons. The average Bonchev–Trinajstić information content (AvgIpc) is 2.77. The molecule has 2 aromatic carbocycles. The first-order valence-corrected chi connectivity index (χ1v) is 13.2. The molecule has 1 N–H and O–H groups in total. The molecule has 0 radical (unpaired) electrons. The Morgan fingerprint density at radius 3 is 2.33 bits per heavy atom. The fourth-order valence-electron chi connectivity index (χ4n) is 4.08. The highest BCUT2D eigenvalue weighted by Gasteiger charge is 2.21. The molecular weight excluding hydrogens is 512 g/mol. The Bertz CT molecular complexity index is 1240. The summed E-state index contributed by atoms with van der Waals surface area (Å²) in [5.74, 6) is 0.421. The van der Waals surface area contributed by atoms with Gasteiger partial charge < -0.3 is 10.1 Å². The minimum absolute atomic E-state index is 0.337. The van der Waals surface area contributed by atoms with Crippen molar-refractivity contribution in [3.8, 4) is 11.1 Å². The summed E-state index contributed by atoms with van der Waals surface area (Å²) < 4.78 is 6.56. The van der Waals surface area contributed by atoms with E-state index in [9.17, 15) is 4.79 Å². The largest absolute Gasteiger partial charge is 0.444 e. The van der Waals surface area contributed by atoms with Crippen LogP contribution in [-0.4, -0.2) is 16.7 Å². The zero-order valence-electron chi connectivity index (χ0n) is 22.4. The summed E-state index contributed by atoms with van der Waals surface area (Å²) in [5, 5.41) is 2.99. The molecule has 0 aliphatic rings. The maximum Gasteiger partial charge on any atom is 0.407 e. The molecule has 0 atom stereocenters. The van der Waals surface area contributed by atoms with Gasteiger partial charge >= 0.3 is 6.09 Å². The van der Waals surface area contributed by atoms with E-state index in [2.05, 4.69) is 91.4 Å². The summed E-state index contributed by atoms with van der Waals surface area (Å²) in [6.07, 6.45) is 4.63. The lowest BCUT2D eigenvalue weighted by atomic mass is 9.89. The third kappa shape index (κ3) is 7.54. The van der Waals surface area contributed by atoms with Crippen LogP contribution in [0.4, 0.5) is 4.79 Å². The number of halogens is 1. The predicted molar refractivity (Wildman–Crippen MR) is 154 cm³/mol. The van der Waals surface area contributed by atoms with Crippen LogP contribution in [0.2, 0.25) is 0 Å². The Hall–Kier alpha value is -2.92. The van der Waals surface area contributed by atoms with Crippen LogP contribution in [0.5, 0.6) is 0 Å². The standard InChI is InChI=1S/C31H37BrN2O2/c1-20(2)18-28-26(19-33-30(35)36-31(5,6)7)29(24-14-12-21(3)13-15-24)25(22(4)34-28)17-16-23-10-8-9-11-27(23)32/h8-17,20H,18-19H2,1-7H3,(H,33,35)/b17-16+. The number of pyridine rings is 1. The second-order valence-corrected chi connectivity index (χ2v) is 11.4. The number of hydrogen-bond donors (Lipinski definition) is 1. The highest BCUT2D eigenvalue weighted by atomic mass is 79.9. The van der Waals surface area contributed by atoms with Gasteiger partial charge in [-0.05, 0) is 69.7 Å². The minimum Gasteiger partial charge on any atom is -0.444 e. The van der Waals surface area contributed by atoms with Crippen LogP contribution >= 0.6 is 15.9 Å². The number of rotatable bonds is 7. The molecule has 3 aromatic rings. The number of ether oxygens (including phenoxy) is 1. The van der Waals surface area contributed by atoms with Gasteiger partial charge in [-0.1, -0.05) is 90.0 Å². The van der Waals surface area contributed by atoms with Crippen LogP contribution in [-0.2, 0) is 17.7 Å². The van der Waals surface area contributed by atoms with Crippen LogP contribution < -0.4 is 5.32 Å². The number of nitrogens with one attached hydrogen (secondary N) is 1. The van der Waals surface area contributed by atoms with E-state index in [0.29, 0.717) is 12.5 Å². The molecule has 0 fully saturated rings. The van der Waals surface area contributed by atoms with Gasteiger partial charge in [-0.15, -0.1) is 0 Å². The van der Waals surface area contributed by atoms with Crippen molar-refractivity contribution < 1.29 is 9.53 Å². The number of amides is 1. The van der Waals surface area contributed by atoms with Crippen LogP contribution in [0.3, 0.4) is 0 Å². The lowest BCUT2D eigenvalue weighted by molar-refractivity contribution is 0.0523. The van der Waals surface area contributed by atoms with Crippen molar-refractivity contribution in [2.45, 2.75) is 67.0 Å². The topological polar surface area (TPSA) is 51.2 Å². The van der Waals surface area contributed by atoms with Gasteiger partial charge in [-0.25, -0.2) is 4.79 Å². The molecule has 3 rings (SSSR count). The van der Waals surface area contributed by atoms with Gasteiger partial charge in [0.15, 0.2) is 0 Å². The number of benzene rings is 2. The molecule has 36 heavy (non-hydrogen) atoms. The number of hydrogen-bond acceptors (Lipinski definition) is 3. The van der Waals surface area contributed by atoms with Crippen LogP contribution in [0.1, 0.15) is 68.3 Å². The Morgan fingerprint density at radius 1 is 1.06 bits per heavy atom. The Kier molecular flexibility index (Phi) is 9.13. The molecule has 0 bridgehead atoms. The van der Waals surface area contributed by atoms with E-state index >= 15 is 0 Å².